The highest BCUT2D eigenvalue weighted by Crippen LogP contribution is 2.50. The number of anilines is 3. The molecule has 1 heterocycles. The molecule has 0 saturated heterocycles. The number of hydrogen-bond donors (Lipinski definition) is 0. The Balaban J connectivity index is 1.29. The van der Waals surface area contributed by atoms with E-state index in [0.29, 0.717) is 0 Å². The molecule has 0 spiro atoms. The number of benzene rings is 7. The summed E-state index contributed by atoms with van der Waals surface area (Å²) in [4.78, 5) is 2.41. The van der Waals surface area contributed by atoms with E-state index in [2.05, 4.69) is 193 Å². The first-order valence-electron chi connectivity index (χ1n) is 16.4. The molecule has 0 unspecified atom stereocenters. The molecule has 224 valence electrons. The number of aromatic nitrogens is 1. The van der Waals surface area contributed by atoms with Gasteiger partial charge >= 0.3 is 0 Å². The molecule has 9 rings (SSSR count). The van der Waals surface area contributed by atoms with Gasteiger partial charge in [0.05, 0.1) is 16.7 Å². The summed E-state index contributed by atoms with van der Waals surface area (Å²) < 4.78 is 2.46. The molecule has 47 heavy (non-hydrogen) atoms. The van der Waals surface area contributed by atoms with Crippen molar-refractivity contribution in [2.45, 2.75) is 19.3 Å². The summed E-state index contributed by atoms with van der Waals surface area (Å²) in [5.41, 5.74) is 14.8. The number of rotatable bonds is 5. The van der Waals surface area contributed by atoms with Crippen molar-refractivity contribution in [3.05, 3.63) is 181 Å². The maximum Gasteiger partial charge on any atom is 0.0562 e. The first-order valence-corrected chi connectivity index (χ1v) is 16.4. The van der Waals surface area contributed by atoms with Gasteiger partial charge in [0.2, 0.25) is 0 Å². The lowest BCUT2D eigenvalue weighted by molar-refractivity contribution is 0.660. The Morgan fingerprint density at radius 2 is 1.11 bits per heavy atom. The zero-order valence-electron chi connectivity index (χ0n) is 26.6. The standard InChI is InChI=1S/C45H34N2/c1-45(2)39-23-11-9-21-36(39)37-28-27-35(30-40(37)45)47-41-24-12-10-22-38(41)44-42(25-14-26-43(44)47)46(33-18-7-4-8-19-33)34-20-13-17-32(29-34)31-15-5-3-6-16-31/h3-30H,1-2H3. The summed E-state index contributed by atoms with van der Waals surface area (Å²) in [5.74, 6) is 0. The van der Waals surface area contributed by atoms with Crippen LogP contribution in [-0.4, -0.2) is 4.57 Å². The number of hydrogen-bond acceptors (Lipinski definition) is 1. The zero-order valence-corrected chi connectivity index (χ0v) is 26.6. The SMILES string of the molecule is CC1(C)c2ccccc2-c2ccc(-n3c4ccccc4c4c(N(c5ccccc5)c5cccc(-c6ccccc6)c5)cccc43)cc21. The molecule has 0 N–H and O–H groups in total. The molecule has 1 aliphatic carbocycles. The quantitative estimate of drug-likeness (QED) is 0.190. The van der Waals surface area contributed by atoms with Crippen LogP contribution in [0.25, 0.3) is 49.7 Å². The van der Waals surface area contributed by atoms with Crippen molar-refractivity contribution in [1.82, 2.24) is 4.57 Å². The minimum atomic E-state index is -0.0697. The minimum absolute atomic E-state index is 0.0697. The van der Waals surface area contributed by atoms with Crippen molar-refractivity contribution >= 4 is 38.9 Å². The summed E-state index contributed by atoms with van der Waals surface area (Å²) in [6.45, 7) is 4.71. The Morgan fingerprint density at radius 1 is 0.468 bits per heavy atom. The Bertz CT molecular complexity index is 2430. The molecule has 0 atom stereocenters. The van der Waals surface area contributed by atoms with Gasteiger partial charge in [-0.2, -0.15) is 0 Å². The maximum absolute atomic E-state index is 2.46. The van der Waals surface area contributed by atoms with Gasteiger partial charge in [0.25, 0.3) is 0 Å². The molecule has 2 nitrogen and oxygen atoms in total. The van der Waals surface area contributed by atoms with Crippen LogP contribution in [0.2, 0.25) is 0 Å². The second kappa shape index (κ2) is 10.6. The molecule has 0 radical (unpaired) electrons. The van der Waals surface area contributed by atoms with E-state index in [4.69, 9.17) is 0 Å². The van der Waals surface area contributed by atoms with Crippen LogP contribution < -0.4 is 4.90 Å². The van der Waals surface area contributed by atoms with E-state index >= 15 is 0 Å². The van der Waals surface area contributed by atoms with Gasteiger partial charge in [-0.1, -0.05) is 129 Å². The summed E-state index contributed by atoms with van der Waals surface area (Å²) in [5, 5.41) is 2.47. The fourth-order valence-corrected chi connectivity index (χ4v) is 7.76. The maximum atomic E-state index is 2.46. The third-order valence-corrected chi connectivity index (χ3v) is 9.97. The van der Waals surface area contributed by atoms with Gasteiger partial charge in [-0.3, -0.25) is 0 Å². The molecule has 0 fully saturated rings. The number of para-hydroxylation sites is 2. The lowest BCUT2D eigenvalue weighted by atomic mass is 9.82. The normalized spacial score (nSPS) is 13.1. The summed E-state index contributed by atoms with van der Waals surface area (Å²) >= 11 is 0. The topological polar surface area (TPSA) is 8.17 Å². The van der Waals surface area contributed by atoms with Gasteiger partial charge in [0, 0.05) is 33.2 Å². The third-order valence-electron chi connectivity index (χ3n) is 9.97. The largest absolute Gasteiger partial charge is 0.310 e. The van der Waals surface area contributed by atoms with Gasteiger partial charge in [-0.25, -0.2) is 0 Å². The molecule has 1 aliphatic rings. The smallest absolute Gasteiger partial charge is 0.0562 e. The van der Waals surface area contributed by atoms with E-state index in [9.17, 15) is 0 Å². The average molecular weight is 603 g/mol. The predicted molar refractivity (Wildman–Crippen MR) is 198 cm³/mol. The molecule has 0 saturated carbocycles. The number of fused-ring (bicyclic) bond motifs is 6. The van der Waals surface area contributed by atoms with Crippen LogP contribution in [-0.2, 0) is 5.41 Å². The van der Waals surface area contributed by atoms with E-state index in [1.54, 1.807) is 0 Å². The van der Waals surface area contributed by atoms with Crippen LogP contribution in [0.15, 0.2) is 170 Å². The first-order chi connectivity index (χ1) is 23.1. The van der Waals surface area contributed by atoms with Crippen LogP contribution in [0, 0.1) is 0 Å². The van der Waals surface area contributed by atoms with E-state index in [-0.39, 0.29) is 5.41 Å². The molecule has 7 aromatic carbocycles. The second-order valence-corrected chi connectivity index (χ2v) is 13.0. The zero-order chi connectivity index (χ0) is 31.5. The molecule has 8 aromatic rings. The minimum Gasteiger partial charge on any atom is -0.310 e. The van der Waals surface area contributed by atoms with Gasteiger partial charge in [0.1, 0.15) is 0 Å². The van der Waals surface area contributed by atoms with Gasteiger partial charge in [0.15, 0.2) is 0 Å². The molecular weight excluding hydrogens is 569 g/mol. The van der Waals surface area contributed by atoms with E-state index in [0.717, 1.165) is 17.1 Å². The Hall–Kier alpha value is -5.86. The van der Waals surface area contributed by atoms with Crippen LogP contribution in [0.5, 0.6) is 0 Å². The van der Waals surface area contributed by atoms with Crippen LogP contribution >= 0.6 is 0 Å². The van der Waals surface area contributed by atoms with Crippen molar-refractivity contribution in [1.29, 1.82) is 0 Å². The molecule has 0 aliphatic heterocycles. The monoisotopic (exact) mass is 602 g/mol. The average Bonchev–Trinajstić information content (AvgIpc) is 3.58. The van der Waals surface area contributed by atoms with Crippen LogP contribution in [0.3, 0.4) is 0 Å². The lowest BCUT2D eigenvalue weighted by Crippen LogP contribution is -2.15. The highest BCUT2D eigenvalue weighted by atomic mass is 15.1. The van der Waals surface area contributed by atoms with Crippen molar-refractivity contribution < 1.29 is 0 Å². The van der Waals surface area contributed by atoms with E-state index in [1.807, 2.05) is 0 Å². The van der Waals surface area contributed by atoms with Crippen LogP contribution in [0.1, 0.15) is 25.0 Å². The van der Waals surface area contributed by atoms with Crippen molar-refractivity contribution in [3.63, 3.8) is 0 Å². The lowest BCUT2D eigenvalue weighted by Gasteiger charge is -2.27. The Kier molecular flexibility index (Phi) is 6.20. The van der Waals surface area contributed by atoms with E-state index < -0.39 is 0 Å². The fourth-order valence-electron chi connectivity index (χ4n) is 7.76. The third kappa shape index (κ3) is 4.26. The Labute approximate surface area is 275 Å². The number of nitrogens with zero attached hydrogens (tertiary/aromatic N) is 2. The van der Waals surface area contributed by atoms with Crippen molar-refractivity contribution in [3.8, 4) is 27.9 Å². The van der Waals surface area contributed by atoms with Gasteiger partial charge in [-0.15, -0.1) is 0 Å². The molecular formula is C45H34N2. The van der Waals surface area contributed by atoms with Crippen molar-refractivity contribution in [2.24, 2.45) is 0 Å². The van der Waals surface area contributed by atoms with E-state index in [1.165, 1.54) is 60.9 Å². The molecule has 0 amide bonds. The predicted octanol–water partition coefficient (Wildman–Crippen LogP) is 12.2. The highest BCUT2D eigenvalue weighted by molar-refractivity contribution is 6.16. The Morgan fingerprint density at radius 3 is 1.96 bits per heavy atom. The van der Waals surface area contributed by atoms with Gasteiger partial charge < -0.3 is 9.47 Å². The van der Waals surface area contributed by atoms with Gasteiger partial charge in [-0.05, 0) is 88.0 Å². The summed E-state index contributed by atoms with van der Waals surface area (Å²) in [6, 6.07) is 61.8. The summed E-state index contributed by atoms with van der Waals surface area (Å²) in [6.07, 6.45) is 0. The molecule has 1 aromatic heterocycles. The first kappa shape index (κ1) is 27.5. The fraction of sp³-hybridized carbons (Fsp3) is 0.0667. The molecule has 0 bridgehead atoms. The highest BCUT2D eigenvalue weighted by Gasteiger charge is 2.35. The van der Waals surface area contributed by atoms with Crippen LogP contribution in [0.4, 0.5) is 17.1 Å². The summed E-state index contributed by atoms with van der Waals surface area (Å²) in [7, 11) is 0. The molecule has 2 heteroatoms. The second-order valence-electron chi connectivity index (χ2n) is 13.0. The van der Waals surface area contributed by atoms with Crippen molar-refractivity contribution in [2.75, 3.05) is 4.90 Å².